The smallest absolute Gasteiger partial charge is 0.123 e. The molecule has 1 N–H and O–H groups in total. The van der Waals surface area contributed by atoms with Crippen molar-refractivity contribution < 1.29 is 9.90 Å². The first kappa shape index (κ1) is 7.73. The Morgan fingerprint density at radius 3 is 2.60 bits per heavy atom. The standard InChI is InChI=1S/C8H14O2/c9-5-7-3-1-2-4-8(7)6-10/h5,7-8,10H,1-4,6H2/t7?,8-/m1/s1. The van der Waals surface area contributed by atoms with Gasteiger partial charge in [-0.25, -0.2) is 0 Å². The molecule has 0 radical (unpaired) electrons. The van der Waals surface area contributed by atoms with E-state index in [4.69, 9.17) is 5.11 Å². The largest absolute Gasteiger partial charge is 0.396 e. The number of hydrogen-bond acceptors (Lipinski definition) is 2. The number of rotatable bonds is 2. The Hall–Kier alpha value is -0.370. The van der Waals surface area contributed by atoms with Gasteiger partial charge in [-0.2, -0.15) is 0 Å². The summed E-state index contributed by atoms with van der Waals surface area (Å²) in [5.41, 5.74) is 0. The van der Waals surface area contributed by atoms with E-state index in [-0.39, 0.29) is 18.4 Å². The lowest BCUT2D eigenvalue weighted by atomic mass is 9.81. The minimum absolute atomic E-state index is 0.138. The Bertz CT molecular complexity index is 112. The van der Waals surface area contributed by atoms with Crippen LogP contribution >= 0.6 is 0 Å². The molecular formula is C8H14O2. The first-order valence-electron chi connectivity index (χ1n) is 3.94. The van der Waals surface area contributed by atoms with Crippen LogP contribution in [0.2, 0.25) is 0 Å². The molecule has 1 saturated carbocycles. The lowest BCUT2D eigenvalue weighted by Gasteiger charge is -2.25. The zero-order chi connectivity index (χ0) is 7.40. The summed E-state index contributed by atoms with van der Waals surface area (Å²) in [5, 5.41) is 8.83. The summed E-state index contributed by atoms with van der Waals surface area (Å²) in [4.78, 5) is 10.4. The lowest BCUT2D eigenvalue weighted by Crippen LogP contribution is -2.23. The highest BCUT2D eigenvalue weighted by atomic mass is 16.3. The predicted molar refractivity (Wildman–Crippen MR) is 38.6 cm³/mol. The fraction of sp³-hybridized carbons (Fsp3) is 0.875. The predicted octanol–water partition coefficient (Wildman–Crippen LogP) is 0.984. The summed E-state index contributed by atoms with van der Waals surface area (Å²) in [6.45, 7) is 0.184. The van der Waals surface area contributed by atoms with Crippen molar-refractivity contribution in [1.29, 1.82) is 0 Å². The molecular weight excluding hydrogens is 128 g/mol. The maximum Gasteiger partial charge on any atom is 0.123 e. The number of aliphatic hydroxyl groups excluding tert-OH is 1. The van der Waals surface area contributed by atoms with Gasteiger partial charge in [-0.15, -0.1) is 0 Å². The van der Waals surface area contributed by atoms with Crippen LogP contribution in [-0.4, -0.2) is 18.0 Å². The first-order valence-corrected chi connectivity index (χ1v) is 3.94. The number of carbonyl (C=O) groups is 1. The van der Waals surface area contributed by atoms with Crippen LogP contribution in [0.3, 0.4) is 0 Å². The van der Waals surface area contributed by atoms with Crippen LogP contribution in [-0.2, 0) is 4.79 Å². The van der Waals surface area contributed by atoms with E-state index in [1.165, 1.54) is 6.42 Å². The highest BCUT2D eigenvalue weighted by Gasteiger charge is 2.23. The van der Waals surface area contributed by atoms with Gasteiger partial charge >= 0.3 is 0 Å². The molecule has 2 heteroatoms. The molecule has 1 aliphatic carbocycles. The van der Waals surface area contributed by atoms with Crippen molar-refractivity contribution in [1.82, 2.24) is 0 Å². The van der Waals surface area contributed by atoms with Crippen molar-refractivity contribution in [3.05, 3.63) is 0 Å². The van der Waals surface area contributed by atoms with Gasteiger partial charge in [0.05, 0.1) is 0 Å². The van der Waals surface area contributed by atoms with E-state index in [1.807, 2.05) is 0 Å². The van der Waals surface area contributed by atoms with Crippen LogP contribution in [0.15, 0.2) is 0 Å². The minimum Gasteiger partial charge on any atom is -0.396 e. The van der Waals surface area contributed by atoms with Gasteiger partial charge in [-0.05, 0) is 18.8 Å². The summed E-state index contributed by atoms with van der Waals surface area (Å²) in [7, 11) is 0. The summed E-state index contributed by atoms with van der Waals surface area (Å²) in [5.74, 6) is 0.394. The highest BCUT2D eigenvalue weighted by Crippen LogP contribution is 2.27. The molecule has 1 aliphatic rings. The van der Waals surface area contributed by atoms with Crippen molar-refractivity contribution in [2.45, 2.75) is 25.7 Å². The Morgan fingerprint density at radius 2 is 2.10 bits per heavy atom. The van der Waals surface area contributed by atoms with Gasteiger partial charge < -0.3 is 9.90 Å². The van der Waals surface area contributed by atoms with Crippen molar-refractivity contribution in [3.63, 3.8) is 0 Å². The van der Waals surface area contributed by atoms with Crippen LogP contribution in [0.5, 0.6) is 0 Å². The Labute approximate surface area is 61.2 Å². The molecule has 10 heavy (non-hydrogen) atoms. The van der Waals surface area contributed by atoms with Crippen molar-refractivity contribution in [2.24, 2.45) is 11.8 Å². The van der Waals surface area contributed by atoms with Gasteiger partial charge in [0, 0.05) is 12.5 Å². The molecule has 0 aliphatic heterocycles. The normalized spacial score (nSPS) is 33.7. The number of carbonyl (C=O) groups excluding carboxylic acids is 1. The second-order valence-corrected chi connectivity index (χ2v) is 3.03. The quantitative estimate of drug-likeness (QED) is 0.584. The van der Waals surface area contributed by atoms with Gasteiger partial charge in [0.15, 0.2) is 0 Å². The Balaban J connectivity index is 2.41. The molecule has 0 saturated heterocycles. The SMILES string of the molecule is O=CC1CCCC[C@@H]1CO. The number of aliphatic hydroxyl groups is 1. The van der Waals surface area contributed by atoms with Crippen LogP contribution in [0.25, 0.3) is 0 Å². The molecule has 2 atom stereocenters. The maximum absolute atomic E-state index is 10.4. The molecule has 0 heterocycles. The van der Waals surface area contributed by atoms with E-state index in [0.29, 0.717) is 0 Å². The summed E-state index contributed by atoms with van der Waals surface area (Å²) in [6.07, 6.45) is 5.34. The van der Waals surface area contributed by atoms with Crippen LogP contribution < -0.4 is 0 Å². The average Bonchev–Trinajstić information content (AvgIpc) is 2.04. The number of aldehydes is 1. The highest BCUT2D eigenvalue weighted by molar-refractivity contribution is 5.54. The second-order valence-electron chi connectivity index (χ2n) is 3.03. The zero-order valence-electron chi connectivity index (χ0n) is 6.12. The molecule has 58 valence electrons. The molecule has 1 rings (SSSR count). The van der Waals surface area contributed by atoms with E-state index in [9.17, 15) is 4.79 Å². The maximum atomic E-state index is 10.4. The van der Waals surface area contributed by atoms with Crippen LogP contribution in [0, 0.1) is 11.8 Å². The molecule has 0 amide bonds. The van der Waals surface area contributed by atoms with E-state index < -0.39 is 0 Å². The molecule has 0 aromatic heterocycles. The van der Waals surface area contributed by atoms with Gasteiger partial charge in [0.2, 0.25) is 0 Å². The van der Waals surface area contributed by atoms with E-state index in [0.717, 1.165) is 25.5 Å². The van der Waals surface area contributed by atoms with E-state index >= 15 is 0 Å². The third-order valence-electron chi connectivity index (χ3n) is 2.38. The molecule has 2 nitrogen and oxygen atoms in total. The fourth-order valence-electron chi connectivity index (χ4n) is 1.64. The Morgan fingerprint density at radius 1 is 1.40 bits per heavy atom. The third kappa shape index (κ3) is 1.57. The minimum atomic E-state index is 0.138. The topological polar surface area (TPSA) is 37.3 Å². The van der Waals surface area contributed by atoms with E-state index in [2.05, 4.69) is 0 Å². The molecule has 0 aromatic carbocycles. The summed E-state index contributed by atoms with van der Waals surface area (Å²) >= 11 is 0. The summed E-state index contributed by atoms with van der Waals surface area (Å²) in [6, 6.07) is 0. The Kier molecular flexibility index (Phi) is 2.87. The molecule has 1 unspecified atom stereocenters. The van der Waals surface area contributed by atoms with Crippen molar-refractivity contribution >= 4 is 6.29 Å². The van der Waals surface area contributed by atoms with Crippen LogP contribution in [0.1, 0.15) is 25.7 Å². The number of hydrogen-bond donors (Lipinski definition) is 1. The van der Waals surface area contributed by atoms with Gasteiger partial charge in [-0.3, -0.25) is 0 Å². The van der Waals surface area contributed by atoms with Crippen LogP contribution in [0.4, 0.5) is 0 Å². The summed E-state index contributed by atoms with van der Waals surface area (Å²) < 4.78 is 0. The fourth-order valence-corrected chi connectivity index (χ4v) is 1.64. The van der Waals surface area contributed by atoms with Crippen molar-refractivity contribution in [3.8, 4) is 0 Å². The zero-order valence-corrected chi connectivity index (χ0v) is 6.12. The molecule has 0 bridgehead atoms. The second kappa shape index (κ2) is 3.71. The average molecular weight is 142 g/mol. The van der Waals surface area contributed by atoms with E-state index in [1.54, 1.807) is 0 Å². The monoisotopic (exact) mass is 142 g/mol. The van der Waals surface area contributed by atoms with Crippen molar-refractivity contribution in [2.75, 3.05) is 6.61 Å². The molecule has 0 spiro atoms. The molecule has 0 aromatic rings. The lowest BCUT2D eigenvalue weighted by molar-refractivity contribution is -0.114. The third-order valence-corrected chi connectivity index (χ3v) is 2.38. The van der Waals surface area contributed by atoms with Gasteiger partial charge in [0.1, 0.15) is 6.29 Å². The first-order chi connectivity index (χ1) is 4.88. The molecule has 1 fully saturated rings. The van der Waals surface area contributed by atoms with Gasteiger partial charge in [0.25, 0.3) is 0 Å². The van der Waals surface area contributed by atoms with Gasteiger partial charge in [-0.1, -0.05) is 12.8 Å².